The molecule has 31 heavy (non-hydrogen) atoms. The average molecular weight is 425 g/mol. The maximum absolute atomic E-state index is 12.1. The van der Waals surface area contributed by atoms with Crippen LogP contribution >= 0.6 is 0 Å². The quantitative estimate of drug-likeness (QED) is 0.541. The van der Waals surface area contributed by atoms with Gasteiger partial charge in [0.15, 0.2) is 17.8 Å². The van der Waals surface area contributed by atoms with Crippen LogP contribution in [0.25, 0.3) is 5.57 Å². The van der Waals surface area contributed by atoms with Crippen LogP contribution < -0.4 is 18.9 Å². The Hall–Kier alpha value is -2.95. The van der Waals surface area contributed by atoms with Crippen LogP contribution in [0.15, 0.2) is 30.3 Å². The lowest BCUT2D eigenvalue weighted by Crippen LogP contribution is -2.09. The first-order valence-corrected chi connectivity index (χ1v) is 10.7. The number of fused-ring (bicyclic) bond motifs is 1. The lowest BCUT2D eigenvalue weighted by atomic mass is 9.82. The van der Waals surface area contributed by atoms with Gasteiger partial charge < -0.3 is 18.9 Å². The normalized spacial score (nSPS) is 20.3. The number of carbonyl (C=O) groups is 1. The summed E-state index contributed by atoms with van der Waals surface area (Å²) >= 11 is 0. The van der Waals surface area contributed by atoms with E-state index in [2.05, 4.69) is 26.0 Å². The molecule has 0 aromatic heterocycles. The zero-order chi connectivity index (χ0) is 22.5. The van der Waals surface area contributed by atoms with Crippen molar-refractivity contribution in [3.05, 3.63) is 52.6 Å². The molecular formula is C26H32O5. The molecule has 0 bridgehead atoms. The maximum atomic E-state index is 12.1. The van der Waals surface area contributed by atoms with Crippen LogP contribution in [-0.2, 0) is 0 Å². The third-order valence-electron chi connectivity index (χ3n) is 6.11. The predicted octanol–water partition coefficient (Wildman–Crippen LogP) is 5.89. The van der Waals surface area contributed by atoms with Crippen LogP contribution in [0.5, 0.6) is 23.0 Å². The molecule has 0 amide bonds. The number of benzene rings is 2. The van der Waals surface area contributed by atoms with Gasteiger partial charge in [-0.1, -0.05) is 26.0 Å². The van der Waals surface area contributed by atoms with Gasteiger partial charge in [-0.05, 0) is 71.6 Å². The van der Waals surface area contributed by atoms with E-state index in [1.807, 2.05) is 18.2 Å². The molecule has 2 atom stereocenters. The fraction of sp³-hybridized carbons (Fsp3) is 0.423. The molecule has 1 aliphatic carbocycles. The van der Waals surface area contributed by atoms with Crippen molar-refractivity contribution in [2.24, 2.45) is 5.92 Å². The molecule has 5 heteroatoms. The van der Waals surface area contributed by atoms with Gasteiger partial charge in [-0.25, -0.2) is 0 Å². The summed E-state index contributed by atoms with van der Waals surface area (Å²) in [6, 6.07) is 7.87. The first kappa shape index (κ1) is 22.7. The molecule has 0 N–H and O–H groups in total. The van der Waals surface area contributed by atoms with Gasteiger partial charge in [0.05, 0.1) is 34.0 Å². The Bertz CT molecular complexity index is 951. The van der Waals surface area contributed by atoms with Gasteiger partial charge in [-0.15, -0.1) is 0 Å². The largest absolute Gasteiger partial charge is 0.496 e. The number of aldehydes is 1. The molecule has 0 radical (unpaired) electrons. The molecule has 0 saturated heterocycles. The minimum absolute atomic E-state index is 0.212. The molecule has 1 aliphatic rings. The minimum atomic E-state index is 0.212. The number of hydrogen-bond donors (Lipinski definition) is 0. The maximum Gasteiger partial charge on any atom is 0.203 e. The van der Waals surface area contributed by atoms with Crippen molar-refractivity contribution in [3.63, 3.8) is 0 Å². The first-order valence-electron chi connectivity index (χ1n) is 10.7. The number of ether oxygens (including phenoxy) is 4. The van der Waals surface area contributed by atoms with Crippen LogP contribution in [0, 0.1) is 5.92 Å². The summed E-state index contributed by atoms with van der Waals surface area (Å²) in [6.07, 6.45) is 6.22. The van der Waals surface area contributed by atoms with Crippen molar-refractivity contribution in [3.8, 4) is 23.0 Å². The smallest absolute Gasteiger partial charge is 0.203 e. The van der Waals surface area contributed by atoms with Crippen LogP contribution in [0.1, 0.15) is 66.1 Å². The molecule has 2 unspecified atom stereocenters. The van der Waals surface area contributed by atoms with Crippen molar-refractivity contribution in [1.29, 1.82) is 0 Å². The van der Waals surface area contributed by atoms with Gasteiger partial charge >= 0.3 is 0 Å². The highest BCUT2D eigenvalue weighted by Gasteiger charge is 2.25. The molecule has 0 spiro atoms. The molecular weight excluding hydrogens is 392 g/mol. The van der Waals surface area contributed by atoms with Crippen LogP contribution in [0.3, 0.4) is 0 Å². The lowest BCUT2D eigenvalue weighted by molar-refractivity contribution is 0.111. The molecule has 3 rings (SSSR count). The van der Waals surface area contributed by atoms with Crippen molar-refractivity contribution in [2.45, 2.75) is 39.0 Å². The van der Waals surface area contributed by atoms with E-state index < -0.39 is 0 Å². The van der Waals surface area contributed by atoms with Gasteiger partial charge in [0.2, 0.25) is 5.75 Å². The molecule has 2 aromatic carbocycles. The highest BCUT2D eigenvalue weighted by Crippen LogP contribution is 2.44. The lowest BCUT2D eigenvalue weighted by Gasteiger charge is -2.23. The van der Waals surface area contributed by atoms with Gasteiger partial charge in [0.25, 0.3) is 0 Å². The Labute approximate surface area is 185 Å². The molecule has 5 nitrogen and oxygen atoms in total. The zero-order valence-electron chi connectivity index (χ0n) is 19.3. The monoisotopic (exact) mass is 424 g/mol. The van der Waals surface area contributed by atoms with E-state index in [0.717, 1.165) is 47.8 Å². The Balaban J connectivity index is 2.32. The molecule has 0 saturated carbocycles. The van der Waals surface area contributed by atoms with Crippen LogP contribution in [-0.4, -0.2) is 34.7 Å². The van der Waals surface area contributed by atoms with E-state index >= 15 is 0 Å². The van der Waals surface area contributed by atoms with E-state index in [1.165, 1.54) is 0 Å². The minimum Gasteiger partial charge on any atom is -0.496 e. The van der Waals surface area contributed by atoms with E-state index in [4.69, 9.17) is 18.9 Å². The van der Waals surface area contributed by atoms with E-state index in [1.54, 1.807) is 28.4 Å². The number of carbonyl (C=O) groups excluding carboxylic acids is 1. The molecule has 166 valence electrons. The third-order valence-corrected chi connectivity index (χ3v) is 6.11. The summed E-state index contributed by atoms with van der Waals surface area (Å²) in [7, 11) is 6.44. The SMILES string of the molecule is COc1ccc2c(c1C=O)C(C)CC(C)CC/C=C\2c1cc(OC)c(OC)c(OC)c1. The Morgan fingerprint density at radius 1 is 0.903 bits per heavy atom. The second-order valence-electron chi connectivity index (χ2n) is 8.11. The second-order valence-corrected chi connectivity index (χ2v) is 8.11. The number of allylic oxidation sites excluding steroid dienone is 1. The first-order chi connectivity index (χ1) is 15.0. The molecule has 0 fully saturated rings. The standard InChI is InChI=1S/C26H32O5/c1-16-8-7-9-19(18-13-23(29-4)26(31-6)24(14-18)30-5)20-10-11-22(28-3)21(15-27)25(20)17(2)12-16/h9-11,13-17H,7-8,12H2,1-6H3/b19-9-. The Morgan fingerprint density at radius 2 is 1.55 bits per heavy atom. The fourth-order valence-electron chi connectivity index (χ4n) is 4.65. The van der Waals surface area contributed by atoms with Crippen LogP contribution in [0.2, 0.25) is 0 Å². The van der Waals surface area contributed by atoms with Gasteiger partial charge in [0, 0.05) is 0 Å². The summed E-state index contributed by atoms with van der Waals surface area (Å²) < 4.78 is 22.2. The van der Waals surface area contributed by atoms with Gasteiger partial charge in [-0.3, -0.25) is 4.79 Å². The van der Waals surface area contributed by atoms with Gasteiger partial charge in [0.1, 0.15) is 5.75 Å². The van der Waals surface area contributed by atoms with Gasteiger partial charge in [-0.2, -0.15) is 0 Å². The highest BCUT2D eigenvalue weighted by atomic mass is 16.5. The van der Waals surface area contributed by atoms with Crippen molar-refractivity contribution in [1.82, 2.24) is 0 Å². The zero-order valence-corrected chi connectivity index (χ0v) is 19.3. The number of rotatable bonds is 6. The third kappa shape index (κ3) is 4.41. The number of methoxy groups -OCH3 is 4. The van der Waals surface area contributed by atoms with E-state index in [0.29, 0.717) is 34.5 Å². The molecule has 0 heterocycles. The Morgan fingerprint density at radius 3 is 2.10 bits per heavy atom. The molecule has 2 aromatic rings. The predicted molar refractivity (Wildman–Crippen MR) is 123 cm³/mol. The van der Waals surface area contributed by atoms with Crippen molar-refractivity contribution >= 4 is 11.9 Å². The van der Waals surface area contributed by atoms with Crippen molar-refractivity contribution in [2.75, 3.05) is 28.4 Å². The second kappa shape index (κ2) is 9.90. The Kier molecular flexibility index (Phi) is 7.26. The molecule has 0 aliphatic heterocycles. The van der Waals surface area contributed by atoms with Crippen LogP contribution in [0.4, 0.5) is 0 Å². The highest BCUT2D eigenvalue weighted by molar-refractivity contribution is 5.90. The average Bonchev–Trinajstić information content (AvgIpc) is 2.85. The summed E-state index contributed by atoms with van der Waals surface area (Å²) in [5.74, 6) is 3.13. The van der Waals surface area contributed by atoms with Crippen molar-refractivity contribution < 1.29 is 23.7 Å². The summed E-state index contributed by atoms with van der Waals surface area (Å²) in [6.45, 7) is 4.47. The summed E-state index contributed by atoms with van der Waals surface area (Å²) in [4.78, 5) is 12.1. The number of hydrogen-bond acceptors (Lipinski definition) is 5. The fourth-order valence-corrected chi connectivity index (χ4v) is 4.65. The summed E-state index contributed by atoms with van der Waals surface area (Å²) in [5, 5.41) is 0. The van der Waals surface area contributed by atoms with E-state index in [-0.39, 0.29) is 5.92 Å². The summed E-state index contributed by atoms with van der Waals surface area (Å²) in [5.41, 5.74) is 4.71. The van der Waals surface area contributed by atoms with E-state index in [9.17, 15) is 4.79 Å². The topological polar surface area (TPSA) is 54.0 Å².